The number of imidazole rings is 1. The minimum absolute atomic E-state index is 0.0587. The number of hydrogen-bond acceptors (Lipinski definition) is 6. The van der Waals surface area contributed by atoms with E-state index in [2.05, 4.69) is 9.88 Å². The predicted octanol–water partition coefficient (Wildman–Crippen LogP) is 4.15. The SMILES string of the molecule is COc1ccc(-c2c(-c3ccc(C#N)c(F)c3)nc3c(N4CCC(N)CC4)nccn23)cc1F. The van der Waals surface area contributed by atoms with Gasteiger partial charge in [-0.25, -0.2) is 18.7 Å². The van der Waals surface area contributed by atoms with Gasteiger partial charge in [-0.2, -0.15) is 5.26 Å². The minimum atomic E-state index is -0.646. The highest BCUT2D eigenvalue weighted by atomic mass is 19.1. The fourth-order valence-corrected chi connectivity index (χ4v) is 4.34. The molecule has 0 spiro atoms. The first-order valence-electron chi connectivity index (χ1n) is 10.9. The van der Waals surface area contributed by atoms with Crippen LogP contribution in [0, 0.1) is 23.0 Å². The van der Waals surface area contributed by atoms with Crippen LogP contribution >= 0.6 is 0 Å². The predicted molar refractivity (Wildman–Crippen MR) is 124 cm³/mol. The number of nitrogens with zero attached hydrogens (tertiary/aromatic N) is 5. The number of hydrogen-bond donors (Lipinski definition) is 1. The van der Waals surface area contributed by atoms with Gasteiger partial charge in [0.25, 0.3) is 0 Å². The third-order valence-corrected chi connectivity index (χ3v) is 6.15. The maximum atomic E-state index is 14.7. The second-order valence-electron chi connectivity index (χ2n) is 8.23. The lowest BCUT2D eigenvalue weighted by Gasteiger charge is -2.31. The van der Waals surface area contributed by atoms with E-state index in [1.807, 2.05) is 10.5 Å². The molecule has 34 heavy (non-hydrogen) atoms. The lowest BCUT2D eigenvalue weighted by Crippen LogP contribution is -2.40. The van der Waals surface area contributed by atoms with Crippen molar-refractivity contribution >= 4 is 11.5 Å². The Morgan fingerprint density at radius 3 is 2.50 bits per heavy atom. The minimum Gasteiger partial charge on any atom is -0.494 e. The molecule has 9 heteroatoms. The second-order valence-corrected chi connectivity index (χ2v) is 8.23. The van der Waals surface area contributed by atoms with Crippen LogP contribution in [0.5, 0.6) is 5.75 Å². The van der Waals surface area contributed by atoms with Crippen LogP contribution in [-0.4, -0.2) is 40.6 Å². The highest BCUT2D eigenvalue weighted by Gasteiger charge is 2.24. The number of halogens is 2. The van der Waals surface area contributed by atoms with Crippen molar-refractivity contribution in [3.05, 3.63) is 66.0 Å². The maximum Gasteiger partial charge on any atom is 0.181 e. The van der Waals surface area contributed by atoms with E-state index >= 15 is 0 Å². The Morgan fingerprint density at radius 1 is 1.09 bits per heavy atom. The molecule has 1 aliphatic rings. The molecule has 0 atom stereocenters. The molecule has 1 fully saturated rings. The normalized spacial score (nSPS) is 14.4. The molecular formula is C25H22F2N6O. The van der Waals surface area contributed by atoms with Crippen LogP contribution < -0.4 is 15.4 Å². The Balaban J connectivity index is 1.75. The van der Waals surface area contributed by atoms with Gasteiger partial charge in [0.1, 0.15) is 11.9 Å². The smallest absolute Gasteiger partial charge is 0.181 e. The molecule has 7 nitrogen and oxygen atoms in total. The van der Waals surface area contributed by atoms with Gasteiger partial charge in [-0.05, 0) is 43.2 Å². The summed E-state index contributed by atoms with van der Waals surface area (Å²) in [6, 6.07) is 11.0. The van der Waals surface area contributed by atoms with Crippen molar-refractivity contribution in [2.24, 2.45) is 5.73 Å². The quantitative estimate of drug-likeness (QED) is 0.492. The van der Waals surface area contributed by atoms with Crippen LogP contribution in [0.15, 0.2) is 48.8 Å². The Morgan fingerprint density at radius 2 is 1.82 bits per heavy atom. The molecule has 0 saturated carbocycles. The summed E-state index contributed by atoms with van der Waals surface area (Å²) < 4.78 is 36.1. The van der Waals surface area contributed by atoms with Crippen LogP contribution in [0.1, 0.15) is 18.4 Å². The maximum absolute atomic E-state index is 14.7. The van der Waals surface area contributed by atoms with Gasteiger partial charge in [0.05, 0.1) is 24.1 Å². The van der Waals surface area contributed by atoms with Crippen LogP contribution in [-0.2, 0) is 0 Å². The highest BCUT2D eigenvalue weighted by molar-refractivity contribution is 5.85. The van der Waals surface area contributed by atoms with Gasteiger partial charge in [-0.15, -0.1) is 0 Å². The first kappa shape index (κ1) is 21.8. The molecule has 0 unspecified atom stereocenters. The number of fused-ring (bicyclic) bond motifs is 1. The largest absolute Gasteiger partial charge is 0.494 e. The Bertz CT molecular complexity index is 1420. The van der Waals surface area contributed by atoms with Gasteiger partial charge in [0, 0.05) is 42.7 Å². The van der Waals surface area contributed by atoms with Gasteiger partial charge in [-0.1, -0.05) is 6.07 Å². The van der Waals surface area contributed by atoms with E-state index in [-0.39, 0.29) is 17.4 Å². The van der Waals surface area contributed by atoms with E-state index in [4.69, 9.17) is 20.7 Å². The molecule has 2 aromatic carbocycles. The van der Waals surface area contributed by atoms with Crippen molar-refractivity contribution in [3.63, 3.8) is 0 Å². The molecule has 0 radical (unpaired) electrons. The number of methoxy groups -OCH3 is 1. The molecule has 3 heterocycles. The number of ether oxygens (including phenoxy) is 1. The summed E-state index contributed by atoms with van der Waals surface area (Å²) in [4.78, 5) is 11.6. The average Bonchev–Trinajstić information content (AvgIpc) is 3.24. The molecule has 172 valence electrons. The molecule has 2 aromatic heterocycles. The lowest BCUT2D eigenvalue weighted by molar-refractivity contribution is 0.386. The standard InChI is InChI=1S/C25H22F2N6O/c1-34-21-5-4-16(13-20(21)27)23-22(15-2-3-17(14-28)19(26)12-15)31-25-24(30-8-11-33(23)25)32-9-6-18(29)7-10-32/h2-5,8,11-13,18H,6-7,9-10,29H2,1H3. The topological polar surface area (TPSA) is 92.5 Å². The zero-order valence-electron chi connectivity index (χ0n) is 18.5. The van der Waals surface area contributed by atoms with E-state index < -0.39 is 11.6 Å². The van der Waals surface area contributed by atoms with E-state index in [1.54, 1.807) is 30.6 Å². The average molecular weight is 460 g/mol. The second kappa shape index (κ2) is 8.72. The third kappa shape index (κ3) is 3.72. The number of benzene rings is 2. The lowest BCUT2D eigenvalue weighted by atomic mass is 10.0. The highest BCUT2D eigenvalue weighted by Crippen LogP contribution is 2.37. The van der Waals surface area contributed by atoms with E-state index in [0.717, 1.165) is 25.9 Å². The molecule has 0 bridgehead atoms. The monoisotopic (exact) mass is 460 g/mol. The summed E-state index contributed by atoms with van der Waals surface area (Å²) in [5.74, 6) is -0.362. The number of rotatable bonds is 4. The van der Waals surface area contributed by atoms with E-state index in [1.165, 1.54) is 25.3 Å². The fraction of sp³-hybridized carbons (Fsp3) is 0.240. The number of anilines is 1. The molecule has 4 aromatic rings. The van der Waals surface area contributed by atoms with Gasteiger partial charge in [-0.3, -0.25) is 4.40 Å². The number of aromatic nitrogens is 3. The number of nitriles is 1. The molecule has 1 saturated heterocycles. The van der Waals surface area contributed by atoms with Crippen molar-refractivity contribution in [3.8, 4) is 34.3 Å². The van der Waals surface area contributed by atoms with Crippen molar-refractivity contribution in [2.75, 3.05) is 25.1 Å². The van der Waals surface area contributed by atoms with Crippen LogP contribution in [0.2, 0.25) is 0 Å². The summed E-state index contributed by atoms with van der Waals surface area (Å²) in [6.07, 6.45) is 5.11. The number of piperidine rings is 1. The molecular weight excluding hydrogens is 438 g/mol. The zero-order valence-corrected chi connectivity index (χ0v) is 18.5. The third-order valence-electron chi connectivity index (χ3n) is 6.15. The summed E-state index contributed by atoms with van der Waals surface area (Å²) in [5.41, 5.74) is 8.64. The Kier molecular flexibility index (Phi) is 5.59. The summed E-state index contributed by atoms with van der Waals surface area (Å²) in [6.45, 7) is 1.49. The molecule has 0 amide bonds. The molecule has 0 aliphatic carbocycles. The van der Waals surface area contributed by atoms with E-state index in [0.29, 0.717) is 34.0 Å². The Labute approximate surface area is 195 Å². The van der Waals surface area contributed by atoms with Crippen LogP contribution in [0.4, 0.5) is 14.6 Å². The van der Waals surface area contributed by atoms with Gasteiger partial charge in [0.2, 0.25) is 0 Å². The van der Waals surface area contributed by atoms with Crippen molar-refractivity contribution < 1.29 is 13.5 Å². The first-order chi connectivity index (χ1) is 16.5. The number of nitrogens with two attached hydrogens (primary N) is 1. The summed E-state index contributed by atoms with van der Waals surface area (Å²) in [7, 11) is 1.40. The van der Waals surface area contributed by atoms with Gasteiger partial charge in [0.15, 0.2) is 23.0 Å². The Hall–Kier alpha value is -4.03. The van der Waals surface area contributed by atoms with E-state index in [9.17, 15) is 8.78 Å². The van der Waals surface area contributed by atoms with Crippen LogP contribution in [0.3, 0.4) is 0 Å². The van der Waals surface area contributed by atoms with Crippen LogP contribution in [0.25, 0.3) is 28.2 Å². The van der Waals surface area contributed by atoms with Gasteiger partial charge >= 0.3 is 0 Å². The zero-order chi connectivity index (χ0) is 23.8. The van der Waals surface area contributed by atoms with Crippen molar-refractivity contribution in [2.45, 2.75) is 18.9 Å². The molecule has 2 N–H and O–H groups in total. The first-order valence-corrected chi connectivity index (χ1v) is 10.9. The van der Waals surface area contributed by atoms with Gasteiger partial charge < -0.3 is 15.4 Å². The molecule has 1 aliphatic heterocycles. The fourth-order valence-electron chi connectivity index (χ4n) is 4.34. The summed E-state index contributed by atoms with van der Waals surface area (Å²) in [5, 5.41) is 9.12. The van der Waals surface area contributed by atoms with Crippen molar-refractivity contribution in [1.29, 1.82) is 5.26 Å². The summed E-state index contributed by atoms with van der Waals surface area (Å²) >= 11 is 0. The molecule has 5 rings (SSSR count). The van der Waals surface area contributed by atoms with Crippen molar-refractivity contribution in [1.82, 2.24) is 14.4 Å².